The lowest BCUT2D eigenvalue weighted by atomic mass is 9.95. The molecule has 1 atom stereocenters. The van der Waals surface area contributed by atoms with E-state index in [1.165, 1.54) is 6.08 Å². The highest BCUT2D eigenvalue weighted by atomic mass is 35.5. The summed E-state index contributed by atoms with van der Waals surface area (Å²) in [6.45, 7) is 8.84. The van der Waals surface area contributed by atoms with Gasteiger partial charge in [-0.3, -0.25) is 4.79 Å². The average Bonchev–Trinajstić information content (AvgIpc) is 2.66. The van der Waals surface area contributed by atoms with Crippen molar-refractivity contribution in [3.8, 4) is 0 Å². The third-order valence-corrected chi connectivity index (χ3v) is 3.42. The molecule has 1 saturated carbocycles. The second-order valence-electron chi connectivity index (χ2n) is 6.33. The summed E-state index contributed by atoms with van der Waals surface area (Å²) in [5.41, 5.74) is -2.09. The molecule has 0 aromatic heterocycles. The molecule has 0 saturated heterocycles. The Morgan fingerprint density at radius 2 is 1.78 bits per heavy atom. The van der Waals surface area contributed by atoms with Gasteiger partial charge in [-0.15, -0.1) is 0 Å². The smallest absolute Gasteiger partial charge is 0.349 e. The Morgan fingerprint density at radius 3 is 2.06 bits per heavy atom. The maximum Gasteiger partial charge on any atom is 0.349 e. The van der Waals surface area contributed by atoms with E-state index in [-0.39, 0.29) is 10.4 Å². The largest absolute Gasteiger partial charge is 0.481 e. The SMILES string of the molecule is CC(C)(C)OC(=O)C(Cl)=CC1(C(=O)O)CC1(C)C. The molecule has 102 valence electrons. The van der Waals surface area contributed by atoms with Gasteiger partial charge in [0, 0.05) is 0 Å². The van der Waals surface area contributed by atoms with Gasteiger partial charge in [0.15, 0.2) is 0 Å². The Kier molecular flexibility index (Phi) is 3.56. The van der Waals surface area contributed by atoms with Crippen LogP contribution in [0.1, 0.15) is 41.0 Å². The van der Waals surface area contributed by atoms with Gasteiger partial charge in [-0.25, -0.2) is 4.79 Å². The third kappa shape index (κ3) is 2.86. The van der Waals surface area contributed by atoms with Gasteiger partial charge < -0.3 is 9.84 Å². The number of halogens is 1. The molecule has 18 heavy (non-hydrogen) atoms. The molecular formula is C13H19ClO4. The Morgan fingerprint density at radius 1 is 1.33 bits per heavy atom. The molecule has 1 fully saturated rings. The van der Waals surface area contributed by atoms with Crippen LogP contribution in [-0.4, -0.2) is 22.6 Å². The molecule has 1 aliphatic rings. The summed E-state index contributed by atoms with van der Waals surface area (Å²) in [4.78, 5) is 23.0. The van der Waals surface area contributed by atoms with Crippen LogP contribution in [0.4, 0.5) is 0 Å². The van der Waals surface area contributed by atoms with Gasteiger partial charge in [0.25, 0.3) is 0 Å². The molecule has 1 unspecified atom stereocenters. The first-order valence-electron chi connectivity index (χ1n) is 5.76. The zero-order valence-electron chi connectivity index (χ0n) is 11.3. The van der Waals surface area contributed by atoms with Gasteiger partial charge in [-0.2, -0.15) is 0 Å². The maximum atomic E-state index is 11.7. The molecule has 4 nitrogen and oxygen atoms in total. The summed E-state index contributed by atoms with van der Waals surface area (Å²) < 4.78 is 5.09. The van der Waals surface area contributed by atoms with Crippen molar-refractivity contribution in [3.63, 3.8) is 0 Å². The number of ether oxygens (including phenoxy) is 1. The number of carbonyl (C=O) groups excluding carboxylic acids is 1. The molecule has 5 heteroatoms. The van der Waals surface area contributed by atoms with Crippen molar-refractivity contribution in [2.24, 2.45) is 10.8 Å². The van der Waals surface area contributed by atoms with Gasteiger partial charge in [-0.05, 0) is 38.7 Å². The van der Waals surface area contributed by atoms with Crippen LogP contribution in [0.2, 0.25) is 0 Å². The number of carboxylic acid groups (broad SMARTS) is 1. The summed E-state index contributed by atoms with van der Waals surface area (Å²) in [6.07, 6.45) is 1.78. The number of esters is 1. The normalized spacial score (nSPS) is 26.7. The fraction of sp³-hybridized carbons (Fsp3) is 0.692. The van der Waals surface area contributed by atoms with Crippen molar-refractivity contribution in [2.75, 3.05) is 0 Å². The minimum Gasteiger partial charge on any atom is -0.481 e. The van der Waals surface area contributed by atoms with Crippen LogP contribution < -0.4 is 0 Å². The summed E-state index contributed by atoms with van der Waals surface area (Å²) in [5, 5.41) is 9.08. The molecule has 0 radical (unpaired) electrons. The number of carbonyl (C=O) groups is 2. The highest BCUT2D eigenvalue weighted by Crippen LogP contribution is 2.65. The minimum atomic E-state index is -1.05. The van der Waals surface area contributed by atoms with E-state index in [9.17, 15) is 14.7 Å². The Hall–Kier alpha value is -1.03. The highest BCUT2D eigenvalue weighted by Gasteiger charge is 2.65. The lowest BCUT2D eigenvalue weighted by Gasteiger charge is -2.19. The van der Waals surface area contributed by atoms with Gasteiger partial charge in [0.05, 0.1) is 5.41 Å². The second kappa shape index (κ2) is 4.26. The van der Waals surface area contributed by atoms with Gasteiger partial charge >= 0.3 is 11.9 Å². The molecule has 0 heterocycles. The van der Waals surface area contributed by atoms with Crippen LogP contribution in [0.5, 0.6) is 0 Å². The first-order chi connectivity index (χ1) is 7.91. The summed E-state index contributed by atoms with van der Waals surface area (Å²) in [7, 11) is 0. The molecule has 1 N–H and O–H groups in total. The number of aliphatic carboxylic acids is 1. The van der Waals surface area contributed by atoms with E-state index in [0.717, 1.165) is 0 Å². The van der Waals surface area contributed by atoms with E-state index >= 15 is 0 Å². The summed E-state index contributed by atoms with van der Waals surface area (Å²) >= 11 is 5.86. The Balaban J connectivity index is 2.90. The second-order valence-corrected chi connectivity index (χ2v) is 6.74. The molecule has 0 aromatic rings. The van der Waals surface area contributed by atoms with Crippen molar-refractivity contribution >= 4 is 23.5 Å². The van der Waals surface area contributed by atoms with Crippen molar-refractivity contribution in [3.05, 3.63) is 11.1 Å². The number of hydrogen-bond acceptors (Lipinski definition) is 3. The summed E-state index contributed by atoms with van der Waals surface area (Å²) in [6, 6.07) is 0. The van der Waals surface area contributed by atoms with Crippen LogP contribution >= 0.6 is 11.6 Å². The van der Waals surface area contributed by atoms with E-state index in [0.29, 0.717) is 6.42 Å². The fourth-order valence-electron chi connectivity index (χ4n) is 1.93. The van der Waals surface area contributed by atoms with E-state index in [1.54, 1.807) is 20.8 Å². The van der Waals surface area contributed by atoms with Crippen molar-refractivity contribution in [1.82, 2.24) is 0 Å². The lowest BCUT2D eigenvalue weighted by Crippen LogP contribution is -2.25. The van der Waals surface area contributed by atoms with E-state index in [4.69, 9.17) is 16.3 Å². The number of rotatable bonds is 3. The maximum absolute atomic E-state index is 11.7. The topological polar surface area (TPSA) is 63.6 Å². The average molecular weight is 275 g/mol. The van der Waals surface area contributed by atoms with Gasteiger partial charge in [0.2, 0.25) is 0 Å². The third-order valence-electron chi connectivity index (χ3n) is 3.15. The Labute approximate surface area is 112 Å². The molecule has 0 bridgehead atoms. The molecule has 1 rings (SSSR count). The van der Waals surface area contributed by atoms with Crippen molar-refractivity contribution in [2.45, 2.75) is 46.6 Å². The fourth-order valence-corrected chi connectivity index (χ4v) is 2.15. The summed E-state index contributed by atoms with van der Waals surface area (Å²) in [5.74, 6) is -1.65. The van der Waals surface area contributed by atoms with Gasteiger partial charge in [0.1, 0.15) is 10.6 Å². The standard InChI is InChI=1S/C13H19ClO4/c1-11(2,3)18-9(15)8(14)6-13(10(16)17)7-12(13,4)5/h6H,7H2,1-5H3,(H,16,17). The zero-order valence-corrected chi connectivity index (χ0v) is 12.1. The predicted octanol–water partition coefficient (Wildman–Crippen LogP) is 2.95. The van der Waals surface area contributed by atoms with Crippen LogP contribution in [0.25, 0.3) is 0 Å². The molecule has 0 aliphatic heterocycles. The van der Waals surface area contributed by atoms with Gasteiger partial charge in [-0.1, -0.05) is 25.4 Å². The van der Waals surface area contributed by atoms with Crippen LogP contribution in [0.3, 0.4) is 0 Å². The number of carboxylic acids is 1. The van der Waals surface area contributed by atoms with Crippen LogP contribution in [0, 0.1) is 10.8 Å². The first-order valence-corrected chi connectivity index (χ1v) is 6.14. The zero-order chi connectivity index (χ0) is 14.4. The minimum absolute atomic E-state index is 0.169. The van der Waals surface area contributed by atoms with E-state index < -0.39 is 23.0 Å². The van der Waals surface area contributed by atoms with Crippen molar-refractivity contribution < 1.29 is 19.4 Å². The van der Waals surface area contributed by atoms with E-state index in [1.807, 2.05) is 13.8 Å². The molecule has 0 spiro atoms. The van der Waals surface area contributed by atoms with E-state index in [2.05, 4.69) is 0 Å². The first kappa shape index (κ1) is 15.0. The van der Waals surface area contributed by atoms with Crippen LogP contribution in [0.15, 0.2) is 11.1 Å². The highest BCUT2D eigenvalue weighted by molar-refractivity contribution is 6.41. The molecule has 1 aliphatic carbocycles. The number of hydrogen-bond donors (Lipinski definition) is 1. The quantitative estimate of drug-likeness (QED) is 0.635. The van der Waals surface area contributed by atoms with Crippen LogP contribution in [-0.2, 0) is 14.3 Å². The predicted molar refractivity (Wildman–Crippen MR) is 68.2 cm³/mol. The Bertz CT molecular complexity index is 417. The molecule has 0 aromatic carbocycles. The molecule has 0 amide bonds. The van der Waals surface area contributed by atoms with Crippen molar-refractivity contribution in [1.29, 1.82) is 0 Å². The lowest BCUT2D eigenvalue weighted by molar-refractivity contribution is -0.149. The monoisotopic (exact) mass is 274 g/mol. The molecular weight excluding hydrogens is 256 g/mol.